The van der Waals surface area contributed by atoms with Crippen LogP contribution >= 0.6 is 0 Å². The molecule has 0 nitrogen and oxygen atoms in total. The third-order valence-corrected chi connectivity index (χ3v) is 2.67. The maximum Gasteiger partial charge on any atom is 0.417 e. The Morgan fingerprint density at radius 2 is 1.68 bits per heavy atom. The van der Waals surface area contributed by atoms with Crippen LogP contribution in [-0.4, -0.2) is 0 Å². The highest BCUT2D eigenvalue weighted by Crippen LogP contribution is 2.35. The van der Waals surface area contributed by atoms with Gasteiger partial charge >= 0.3 is 6.18 Å². The number of hydrogen-bond donors (Lipinski definition) is 0. The standard InChI is InChI=1S/C15H8F4/c1-2-10-7-8-11(9-13(10)15(17,18)19)12-5-3-4-6-14(12)16/h1,3-9H. The van der Waals surface area contributed by atoms with E-state index in [9.17, 15) is 17.6 Å². The zero-order chi connectivity index (χ0) is 14.0. The van der Waals surface area contributed by atoms with Crippen molar-refractivity contribution < 1.29 is 17.6 Å². The van der Waals surface area contributed by atoms with Crippen LogP contribution in [0.25, 0.3) is 11.1 Å². The third-order valence-electron chi connectivity index (χ3n) is 2.67. The average molecular weight is 264 g/mol. The van der Waals surface area contributed by atoms with E-state index >= 15 is 0 Å². The molecule has 0 N–H and O–H groups in total. The van der Waals surface area contributed by atoms with Crippen molar-refractivity contribution in [2.75, 3.05) is 0 Å². The molecule has 2 rings (SSSR count). The second-order valence-electron chi connectivity index (χ2n) is 3.88. The Labute approximate surface area is 107 Å². The highest BCUT2D eigenvalue weighted by Gasteiger charge is 2.33. The van der Waals surface area contributed by atoms with E-state index in [2.05, 4.69) is 0 Å². The number of rotatable bonds is 1. The summed E-state index contributed by atoms with van der Waals surface area (Å²) in [5.41, 5.74) is -0.940. The lowest BCUT2D eigenvalue weighted by Crippen LogP contribution is -2.08. The lowest BCUT2D eigenvalue weighted by molar-refractivity contribution is -0.137. The van der Waals surface area contributed by atoms with Gasteiger partial charge in [-0.1, -0.05) is 30.2 Å². The van der Waals surface area contributed by atoms with Crippen LogP contribution in [0.15, 0.2) is 42.5 Å². The molecule has 2 aromatic rings. The van der Waals surface area contributed by atoms with Gasteiger partial charge in [-0.2, -0.15) is 13.2 Å². The second kappa shape index (κ2) is 4.77. The molecule has 0 aromatic heterocycles. The molecule has 0 atom stereocenters. The zero-order valence-corrected chi connectivity index (χ0v) is 9.63. The Kier molecular flexibility index (Phi) is 3.30. The van der Waals surface area contributed by atoms with E-state index in [-0.39, 0.29) is 16.7 Å². The predicted molar refractivity (Wildman–Crippen MR) is 64.8 cm³/mol. The van der Waals surface area contributed by atoms with Crippen molar-refractivity contribution in [2.24, 2.45) is 0 Å². The molecule has 0 aliphatic carbocycles. The van der Waals surface area contributed by atoms with E-state index in [0.717, 1.165) is 6.07 Å². The Balaban J connectivity index is 2.63. The Morgan fingerprint density at radius 1 is 1.00 bits per heavy atom. The summed E-state index contributed by atoms with van der Waals surface area (Å²) in [6.07, 6.45) is 0.475. The van der Waals surface area contributed by atoms with Crippen molar-refractivity contribution in [3.05, 3.63) is 59.4 Å². The molecule has 0 spiro atoms. The maximum absolute atomic E-state index is 13.6. The Hall–Kier alpha value is -2.28. The monoisotopic (exact) mass is 264 g/mol. The van der Waals surface area contributed by atoms with Gasteiger partial charge in [-0.3, -0.25) is 0 Å². The van der Waals surface area contributed by atoms with Crippen LogP contribution in [-0.2, 0) is 6.18 Å². The summed E-state index contributed by atoms with van der Waals surface area (Å²) >= 11 is 0. The molecular formula is C15H8F4. The second-order valence-corrected chi connectivity index (χ2v) is 3.88. The Bertz CT molecular complexity index is 648. The van der Waals surface area contributed by atoms with Gasteiger partial charge in [-0.15, -0.1) is 6.42 Å². The zero-order valence-electron chi connectivity index (χ0n) is 9.63. The van der Waals surface area contributed by atoms with Crippen molar-refractivity contribution in [3.63, 3.8) is 0 Å². The minimum atomic E-state index is -4.57. The highest BCUT2D eigenvalue weighted by molar-refractivity contribution is 5.66. The summed E-state index contributed by atoms with van der Waals surface area (Å²) < 4.78 is 52.1. The van der Waals surface area contributed by atoms with E-state index in [0.29, 0.717) is 0 Å². The first-order valence-corrected chi connectivity index (χ1v) is 5.36. The quantitative estimate of drug-likeness (QED) is 0.525. The first kappa shape index (κ1) is 13.2. The van der Waals surface area contributed by atoms with Gasteiger partial charge in [-0.05, 0) is 23.8 Å². The molecule has 0 heterocycles. The van der Waals surface area contributed by atoms with Gasteiger partial charge in [0.1, 0.15) is 5.82 Å². The van der Waals surface area contributed by atoms with Crippen LogP contribution in [0, 0.1) is 18.2 Å². The number of hydrogen-bond acceptors (Lipinski definition) is 0. The molecule has 0 bridgehead atoms. The lowest BCUT2D eigenvalue weighted by atomic mass is 9.98. The van der Waals surface area contributed by atoms with Gasteiger partial charge in [0, 0.05) is 11.1 Å². The van der Waals surface area contributed by atoms with Gasteiger partial charge in [0.15, 0.2) is 0 Å². The molecule has 0 saturated carbocycles. The number of terminal acetylenes is 1. The Morgan fingerprint density at radius 3 is 2.26 bits per heavy atom. The normalized spacial score (nSPS) is 11.1. The third kappa shape index (κ3) is 2.60. The van der Waals surface area contributed by atoms with Gasteiger partial charge in [-0.25, -0.2) is 4.39 Å². The fraction of sp³-hybridized carbons (Fsp3) is 0.0667. The van der Waals surface area contributed by atoms with Crippen molar-refractivity contribution in [2.45, 2.75) is 6.18 Å². The summed E-state index contributed by atoms with van der Waals surface area (Å²) in [5, 5.41) is 0. The molecule has 4 heteroatoms. The molecule has 0 radical (unpaired) electrons. The molecule has 0 saturated heterocycles. The van der Waals surface area contributed by atoms with Crippen LogP contribution in [0.3, 0.4) is 0 Å². The average Bonchev–Trinajstić information content (AvgIpc) is 2.37. The molecular weight excluding hydrogens is 256 g/mol. The maximum atomic E-state index is 13.6. The number of benzene rings is 2. The molecule has 2 aromatic carbocycles. The summed E-state index contributed by atoms with van der Waals surface area (Å²) in [7, 11) is 0. The van der Waals surface area contributed by atoms with E-state index in [1.165, 1.54) is 30.3 Å². The number of halogens is 4. The highest BCUT2D eigenvalue weighted by atomic mass is 19.4. The van der Waals surface area contributed by atoms with Crippen molar-refractivity contribution in [3.8, 4) is 23.5 Å². The van der Waals surface area contributed by atoms with Gasteiger partial charge in [0.2, 0.25) is 0 Å². The lowest BCUT2D eigenvalue weighted by Gasteiger charge is -2.12. The van der Waals surface area contributed by atoms with Gasteiger partial charge in [0.05, 0.1) is 5.56 Å². The summed E-state index contributed by atoms with van der Waals surface area (Å²) in [4.78, 5) is 0. The van der Waals surface area contributed by atoms with Crippen molar-refractivity contribution in [1.82, 2.24) is 0 Å². The first-order chi connectivity index (χ1) is 8.93. The predicted octanol–water partition coefficient (Wildman–Crippen LogP) is 4.49. The van der Waals surface area contributed by atoms with Crippen LogP contribution in [0.4, 0.5) is 17.6 Å². The van der Waals surface area contributed by atoms with Crippen LogP contribution in [0.5, 0.6) is 0 Å². The fourth-order valence-electron chi connectivity index (χ4n) is 1.77. The van der Waals surface area contributed by atoms with Crippen LogP contribution < -0.4 is 0 Å². The summed E-state index contributed by atoms with van der Waals surface area (Å²) in [6, 6.07) is 9.05. The molecule has 0 aliphatic rings. The van der Waals surface area contributed by atoms with E-state index in [1.807, 2.05) is 5.92 Å². The van der Waals surface area contributed by atoms with Gasteiger partial charge in [0.25, 0.3) is 0 Å². The number of alkyl halides is 3. The topological polar surface area (TPSA) is 0 Å². The SMILES string of the molecule is C#Cc1ccc(-c2ccccc2F)cc1C(F)(F)F. The minimum absolute atomic E-state index is 0.108. The summed E-state index contributed by atoms with van der Waals surface area (Å²) in [6.45, 7) is 0. The first-order valence-electron chi connectivity index (χ1n) is 5.36. The fourth-order valence-corrected chi connectivity index (χ4v) is 1.77. The minimum Gasteiger partial charge on any atom is -0.206 e. The molecule has 19 heavy (non-hydrogen) atoms. The smallest absolute Gasteiger partial charge is 0.206 e. The summed E-state index contributed by atoms with van der Waals surface area (Å²) in [5.74, 6) is 1.40. The van der Waals surface area contributed by atoms with Crippen molar-refractivity contribution in [1.29, 1.82) is 0 Å². The van der Waals surface area contributed by atoms with Crippen LogP contribution in [0.1, 0.15) is 11.1 Å². The van der Waals surface area contributed by atoms with Crippen molar-refractivity contribution >= 4 is 0 Å². The molecule has 0 amide bonds. The van der Waals surface area contributed by atoms with E-state index in [4.69, 9.17) is 6.42 Å². The van der Waals surface area contributed by atoms with E-state index < -0.39 is 17.6 Å². The van der Waals surface area contributed by atoms with Gasteiger partial charge < -0.3 is 0 Å². The molecule has 0 aliphatic heterocycles. The molecule has 0 fully saturated rings. The largest absolute Gasteiger partial charge is 0.417 e. The molecule has 96 valence electrons. The van der Waals surface area contributed by atoms with Crippen LogP contribution in [0.2, 0.25) is 0 Å². The molecule has 0 unspecified atom stereocenters. The van der Waals surface area contributed by atoms with E-state index in [1.54, 1.807) is 6.07 Å².